The van der Waals surface area contributed by atoms with Crippen molar-refractivity contribution in [2.24, 2.45) is 0 Å². The molecule has 122 valence electrons. The summed E-state index contributed by atoms with van der Waals surface area (Å²) in [6.45, 7) is 2.61. The number of benzene rings is 2. The Kier molecular flexibility index (Phi) is 5.17. The van der Waals surface area contributed by atoms with Crippen molar-refractivity contribution in [1.29, 1.82) is 0 Å². The predicted octanol–water partition coefficient (Wildman–Crippen LogP) is 5.20. The van der Waals surface area contributed by atoms with Gasteiger partial charge in [0.25, 0.3) is 0 Å². The van der Waals surface area contributed by atoms with Crippen LogP contribution in [0.1, 0.15) is 36.5 Å². The molecule has 0 bridgehead atoms. The normalized spacial score (nSPS) is 20.1. The first-order valence-corrected chi connectivity index (χ1v) is 10.4. The van der Waals surface area contributed by atoms with Crippen LogP contribution in [-0.4, -0.2) is 6.61 Å². The van der Waals surface area contributed by atoms with Crippen LogP contribution in [0.5, 0.6) is 5.75 Å². The van der Waals surface area contributed by atoms with E-state index in [9.17, 15) is 0 Å². The summed E-state index contributed by atoms with van der Waals surface area (Å²) in [6, 6.07) is 16.4. The van der Waals surface area contributed by atoms with E-state index >= 15 is 0 Å². The van der Waals surface area contributed by atoms with Crippen molar-refractivity contribution >= 4 is 18.5 Å². The minimum atomic E-state index is -2.69. The highest BCUT2D eigenvalue weighted by molar-refractivity contribution is 8.07. The van der Waals surface area contributed by atoms with Crippen molar-refractivity contribution in [3.63, 3.8) is 0 Å². The number of fused-ring (bicyclic) bond motifs is 1. The second-order valence-corrected chi connectivity index (χ2v) is 8.84. The van der Waals surface area contributed by atoms with Crippen molar-refractivity contribution < 1.29 is 13.6 Å². The molecule has 2 aromatic carbocycles. The molecule has 1 aliphatic heterocycles. The summed E-state index contributed by atoms with van der Waals surface area (Å²) in [6.07, 6.45) is 0.797. The van der Waals surface area contributed by atoms with E-state index < -0.39 is 6.72 Å². The van der Waals surface area contributed by atoms with E-state index in [4.69, 9.17) is 25.4 Å². The highest BCUT2D eigenvalue weighted by atomic mass is 32.5. The lowest BCUT2D eigenvalue weighted by atomic mass is 10.0. The maximum atomic E-state index is 5.87. The molecule has 23 heavy (non-hydrogen) atoms. The van der Waals surface area contributed by atoms with Crippen LogP contribution in [0.25, 0.3) is 0 Å². The zero-order chi connectivity index (χ0) is 16.3. The van der Waals surface area contributed by atoms with E-state index in [0.29, 0.717) is 19.1 Å². The third kappa shape index (κ3) is 4.21. The van der Waals surface area contributed by atoms with Gasteiger partial charge < -0.3 is 4.52 Å². The van der Waals surface area contributed by atoms with E-state index in [1.54, 1.807) is 0 Å². The van der Waals surface area contributed by atoms with Crippen LogP contribution in [0.4, 0.5) is 0 Å². The van der Waals surface area contributed by atoms with Crippen LogP contribution in [-0.2, 0) is 33.9 Å². The molecular weight excluding hydrogens is 327 g/mol. The average molecular weight is 348 g/mol. The van der Waals surface area contributed by atoms with Gasteiger partial charge in [-0.05, 0) is 35.6 Å². The molecule has 3 nitrogen and oxygen atoms in total. The second-order valence-electron chi connectivity index (χ2n) is 5.90. The summed E-state index contributed by atoms with van der Waals surface area (Å²) in [5.41, 5.74) is 3.53. The first-order valence-electron chi connectivity index (χ1n) is 7.81. The lowest BCUT2D eigenvalue weighted by Gasteiger charge is -2.28. The fourth-order valence-corrected chi connectivity index (χ4v) is 4.27. The van der Waals surface area contributed by atoms with Gasteiger partial charge in [0.05, 0.1) is 13.2 Å². The van der Waals surface area contributed by atoms with E-state index in [0.717, 1.165) is 17.7 Å². The summed E-state index contributed by atoms with van der Waals surface area (Å²) in [5, 5.41) is 0. The molecule has 0 spiro atoms. The van der Waals surface area contributed by atoms with Gasteiger partial charge in [-0.15, -0.1) is 0 Å². The van der Waals surface area contributed by atoms with Crippen molar-refractivity contribution in [3.05, 3.63) is 65.2 Å². The highest BCUT2D eigenvalue weighted by Gasteiger charge is 2.29. The van der Waals surface area contributed by atoms with E-state index in [1.165, 1.54) is 11.1 Å². The van der Waals surface area contributed by atoms with Gasteiger partial charge in [-0.3, -0.25) is 9.05 Å². The molecule has 0 radical (unpaired) electrons. The zero-order valence-electron chi connectivity index (χ0n) is 13.4. The van der Waals surface area contributed by atoms with Gasteiger partial charge in [0.1, 0.15) is 5.75 Å². The standard InChI is InChI=1S/C18H21O3PS/c1-14(2)16-8-9-18-17(12-16)13-20-22(23,21-18)19-11-10-15-6-4-3-5-7-15/h3-9,12,14H,10-11,13H2,1-2H3. The minimum absolute atomic E-state index is 0.457. The largest absolute Gasteiger partial charge is 0.424 e. The van der Waals surface area contributed by atoms with Gasteiger partial charge in [-0.1, -0.05) is 50.2 Å². The molecule has 0 N–H and O–H groups in total. The summed E-state index contributed by atoms with van der Waals surface area (Å²) in [4.78, 5) is 0. The van der Waals surface area contributed by atoms with Crippen molar-refractivity contribution in [2.75, 3.05) is 6.61 Å². The van der Waals surface area contributed by atoms with Crippen molar-refractivity contribution in [2.45, 2.75) is 32.8 Å². The highest BCUT2D eigenvalue weighted by Crippen LogP contribution is 2.55. The third-order valence-electron chi connectivity index (χ3n) is 3.82. The minimum Gasteiger partial charge on any atom is -0.424 e. The average Bonchev–Trinajstić information content (AvgIpc) is 2.55. The topological polar surface area (TPSA) is 27.7 Å². The molecule has 0 aliphatic carbocycles. The van der Waals surface area contributed by atoms with Crippen LogP contribution in [0, 0.1) is 0 Å². The lowest BCUT2D eigenvalue weighted by molar-refractivity contribution is 0.180. The van der Waals surface area contributed by atoms with Gasteiger partial charge in [0, 0.05) is 17.4 Å². The Labute approximate surface area is 142 Å². The third-order valence-corrected chi connectivity index (χ3v) is 6.04. The Morgan fingerprint density at radius 3 is 2.70 bits per heavy atom. The van der Waals surface area contributed by atoms with Crippen molar-refractivity contribution in [1.82, 2.24) is 0 Å². The molecule has 2 aromatic rings. The Morgan fingerprint density at radius 1 is 1.17 bits per heavy atom. The lowest BCUT2D eigenvalue weighted by Crippen LogP contribution is -2.11. The van der Waals surface area contributed by atoms with E-state index in [-0.39, 0.29) is 0 Å². The Hall–Kier alpha value is -1.19. The molecule has 1 heterocycles. The van der Waals surface area contributed by atoms with Gasteiger partial charge in [0.15, 0.2) is 0 Å². The fourth-order valence-electron chi connectivity index (χ4n) is 2.44. The molecule has 5 heteroatoms. The quantitative estimate of drug-likeness (QED) is 0.694. The molecule has 1 atom stereocenters. The zero-order valence-corrected chi connectivity index (χ0v) is 15.1. The molecular formula is C18H21O3PS. The van der Waals surface area contributed by atoms with E-state index in [1.807, 2.05) is 24.3 Å². The molecule has 0 saturated heterocycles. The van der Waals surface area contributed by atoms with Gasteiger partial charge in [-0.25, -0.2) is 0 Å². The van der Waals surface area contributed by atoms with Crippen LogP contribution in [0.15, 0.2) is 48.5 Å². The van der Waals surface area contributed by atoms with Gasteiger partial charge in [0.2, 0.25) is 0 Å². The molecule has 3 rings (SSSR count). The first kappa shape index (κ1) is 16.7. The van der Waals surface area contributed by atoms with Crippen LogP contribution < -0.4 is 4.52 Å². The van der Waals surface area contributed by atoms with Gasteiger partial charge >= 0.3 is 6.72 Å². The molecule has 0 aromatic heterocycles. The Morgan fingerprint density at radius 2 is 1.96 bits per heavy atom. The fraction of sp³-hybridized carbons (Fsp3) is 0.333. The smallest absolute Gasteiger partial charge is 0.380 e. The van der Waals surface area contributed by atoms with Crippen LogP contribution in [0.3, 0.4) is 0 Å². The number of hydrogen-bond donors (Lipinski definition) is 0. The van der Waals surface area contributed by atoms with Gasteiger partial charge in [-0.2, -0.15) is 0 Å². The predicted molar refractivity (Wildman–Crippen MR) is 96.3 cm³/mol. The maximum Gasteiger partial charge on any atom is 0.380 e. The number of rotatable bonds is 5. The van der Waals surface area contributed by atoms with E-state index in [2.05, 4.69) is 38.1 Å². The van der Waals surface area contributed by atoms with Crippen LogP contribution in [0.2, 0.25) is 0 Å². The Balaban J connectivity index is 1.62. The van der Waals surface area contributed by atoms with Crippen LogP contribution >= 0.6 is 6.72 Å². The SMILES string of the molecule is CC(C)c1ccc2c(c1)COP(=S)(OCCc1ccccc1)O2. The van der Waals surface area contributed by atoms with Crippen molar-refractivity contribution in [3.8, 4) is 5.75 Å². The molecule has 1 aliphatic rings. The molecule has 0 amide bonds. The number of hydrogen-bond acceptors (Lipinski definition) is 4. The first-order chi connectivity index (χ1) is 11.1. The molecule has 0 fully saturated rings. The summed E-state index contributed by atoms with van der Waals surface area (Å²) in [7, 11) is 0. The molecule has 0 saturated carbocycles. The summed E-state index contributed by atoms with van der Waals surface area (Å²) < 4.78 is 17.4. The summed E-state index contributed by atoms with van der Waals surface area (Å²) >= 11 is 5.47. The molecule has 1 unspecified atom stereocenters. The second kappa shape index (κ2) is 7.14. The Bertz CT molecular complexity index is 715. The summed E-state index contributed by atoms with van der Waals surface area (Å²) in [5.74, 6) is 1.27. The monoisotopic (exact) mass is 348 g/mol. The maximum absolute atomic E-state index is 5.87.